The second-order valence-electron chi connectivity index (χ2n) is 6.89. The van der Waals surface area contributed by atoms with Crippen LogP contribution >= 0.6 is 11.8 Å². The van der Waals surface area contributed by atoms with E-state index in [1.165, 1.54) is 6.33 Å². The lowest BCUT2D eigenvalue weighted by atomic mass is 9.95. The zero-order valence-corrected chi connectivity index (χ0v) is 18.5. The van der Waals surface area contributed by atoms with E-state index >= 15 is 0 Å². The van der Waals surface area contributed by atoms with Gasteiger partial charge in [0.1, 0.15) is 23.9 Å². The highest BCUT2D eigenvalue weighted by molar-refractivity contribution is 7.98. The number of nitrogens with zero attached hydrogens (tertiary/aromatic N) is 3. The molecule has 1 aliphatic rings. The van der Waals surface area contributed by atoms with Gasteiger partial charge in [0.05, 0.1) is 25.5 Å². The van der Waals surface area contributed by atoms with E-state index in [1.807, 2.05) is 37.4 Å². The first-order chi connectivity index (χ1) is 15.0. The van der Waals surface area contributed by atoms with Crippen LogP contribution in [0, 0.1) is 0 Å². The number of benzene rings is 2. The van der Waals surface area contributed by atoms with E-state index in [2.05, 4.69) is 20.7 Å². The summed E-state index contributed by atoms with van der Waals surface area (Å²) in [5.74, 6) is 1.49. The number of aromatic nitrogens is 3. The fourth-order valence-corrected chi connectivity index (χ4v) is 3.98. The third-order valence-corrected chi connectivity index (χ3v) is 5.87. The Morgan fingerprint density at radius 1 is 1.16 bits per heavy atom. The van der Waals surface area contributed by atoms with Crippen molar-refractivity contribution < 1.29 is 14.3 Å². The van der Waals surface area contributed by atoms with Gasteiger partial charge in [-0.15, -0.1) is 11.8 Å². The van der Waals surface area contributed by atoms with Crippen molar-refractivity contribution in [1.82, 2.24) is 14.8 Å². The minimum absolute atomic E-state index is 0.256. The van der Waals surface area contributed by atoms with Crippen molar-refractivity contribution in [3.63, 3.8) is 0 Å². The van der Waals surface area contributed by atoms with Gasteiger partial charge < -0.3 is 20.1 Å². The summed E-state index contributed by atoms with van der Waals surface area (Å²) in [4.78, 5) is 18.9. The molecule has 31 heavy (non-hydrogen) atoms. The third-order valence-electron chi connectivity index (χ3n) is 5.13. The molecule has 2 heterocycles. The van der Waals surface area contributed by atoms with E-state index in [0.717, 1.165) is 10.5 Å². The summed E-state index contributed by atoms with van der Waals surface area (Å²) >= 11 is 1.67. The van der Waals surface area contributed by atoms with Gasteiger partial charge in [-0.3, -0.25) is 4.79 Å². The van der Waals surface area contributed by atoms with Crippen LogP contribution in [-0.4, -0.2) is 41.1 Å². The molecule has 1 amide bonds. The molecule has 8 nitrogen and oxygen atoms in total. The fraction of sp³-hybridized carbons (Fsp3) is 0.227. The first-order valence-electron chi connectivity index (χ1n) is 9.60. The molecule has 0 bridgehead atoms. The summed E-state index contributed by atoms with van der Waals surface area (Å²) in [6.45, 7) is 1.86. The number of hydrogen-bond acceptors (Lipinski definition) is 7. The van der Waals surface area contributed by atoms with Gasteiger partial charge in [-0.05, 0) is 43.0 Å². The summed E-state index contributed by atoms with van der Waals surface area (Å²) in [6, 6.07) is 12.9. The van der Waals surface area contributed by atoms with E-state index in [9.17, 15) is 4.79 Å². The van der Waals surface area contributed by atoms with Gasteiger partial charge >= 0.3 is 0 Å². The molecule has 0 spiro atoms. The third kappa shape index (κ3) is 3.96. The van der Waals surface area contributed by atoms with Crippen LogP contribution in [0.3, 0.4) is 0 Å². The molecule has 1 aromatic heterocycles. The predicted octanol–water partition coefficient (Wildman–Crippen LogP) is 3.94. The lowest BCUT2D eigenvalue weighted by molar-refractivity contribution is -0.113. The molecule has 0 saturated carbocycles. The van der Waals surface area contributed by atoms with Crippen molar-refractivity contribution in [2.24, 2.45) is 0 Å². The van der Waals surface area contributed by atoms with Crippen molar-refractivity contribution in [2.75, 3.05) is 31.1 Å². The molecule has 1 aliphatic heterocycles. The second-order valence-corrected chi connectivity index (χ2v) is 7.77. The molecule has 0 unspecified atom stereocenters. The Morgan fingerprint density at radius 3 is 2.61 bits per heavy atom. The number of carbonyl (C=O) groups is 1. The topological polar surface area (TPSA) is 90.3 Å². The van der Waals surface area contributed by atoms with Crippen molar-refractivity contribution in [2.45, 2.75) is 17.9 Å². The Balaban J connectivity index is 1.73. The Kier molecular flexibility index (Phi) is 5.85. The number of fused-ring (bicyclic) bond motifs is 1. The lowest BCUT2D eigenvalue weighted by Crippen LogP contribution is -2.31. The number of nitrogens with one attached hydrogen (secondary N) is 2. The van der Waals surface area contributed by atoms with Gasteiger partial charge in [-0.1, -0.05) is 12.1 Å². The van der Waals surface area contributed by atoms with Gasteiger partial charge in [-0.25, -0.2) is 4.68 Å². The summed E-state index contributed by atoms with van der Waals surface area (Å²) in [5.41, 5.74) is 2.75. The number of methoxy groups -OCH3 is 2. The number of anilines is 2. The van der Waals surface area contributed by atoms with Gasteiger partial charge in [0, 0.05) is 16.7 Å². The van der Waals surface area contributed by atoms with Gasteiger partial charge in [0.15, 0.2) is 0 Å². The van der Waals surface area contributed by atoms with E-state index < -0.39 is 6.04 Å². The number of carbonyl (C=O) groups excluding carboxylic acids is 1. The average molecular weight is 438 g/mol. The number of rotatable bonds is 6. The molecule has 0 radical (unpaired) electrons. The monoisotopic (exact) mass is 437 g/mol. The molecule has 2 N–H and O–H groups in total. The number of amides is 1. The van der Waals surface area contributed by atoms with Crippen LogP contribution in [0.1, 0.15) is 18.5 Å². The Morgan fingerprint density at radius 2 is 1.94 bits per heavy atom. The highest BCUT2D eigenvalue weighted by Gasteiger charge is 2.33. The molecule has 9 heteroatoms. The van der Waals surface area contributed by atoms with Crippen LogP contribution < -0.4 is 20.1 Å². The average Bonchev–Trinajstić information content (AvgIpc) is 3.26. The minimum Gasteiger partial charge on any atom is -0.497 e. The molecular formula is C22H23N5O3S. The van der Waals surface area contributed by atoms with Crippen molar-refractivity contribution >= 4 is 29.3 Å². The quantitative estimate of drug-likeness (QED) is 0.565. The van der Waals surface area contributed by atoms with Crippen molar-refractivity contribution in [3.05, 3.63) is 65.6 Å². The van der Waals surface area contributed by atoms with Crippen molar-refractivity contribution in [1.29, 1.82) is 0 Å². The van der Waals surface area contributed by atoms with E-state index in [4.69, 9.17) is 9.47 Å². The summed E-state index contributed by atoms with van der Waals surface area (Å²) < 4.78 is 12.4. The standard InChI is InChI=1S/C22H23N5O3S/c1-13-19(21(28)26-17-10-7-15(29-2)11-18(17)30-3)20(27-22(25-13)23-12-24-27)14-5-8-16(31-4)9-6-14/h5-12,20H,1-4H3,(H,26,28)(H,23,24,25)/t20-/m0/s1. The lowest BCUT2D eigenvalue weighted by Gasteiger charge is -2.29. The molecule has 0 saturated heterocycles. The van der Waals surface area contributed by atoms with Crippen molar-refractivity contribution in [3.8, 4) is 11.5 Å². The SMILES string of the molecule is COc1ccc(NC(=O)C2=C(C)Nc3ncnn3[C@H]2c2ccc(SC)cc2)c(OC)c1. The molecule has 4 rings (SSSR count). The first kappa shape index (κ1) is 20.8. The van der Waals surface area contributed by atoms with Crippen LogP contribution in [0.25, 0.3) is 0 Å². The van der Waals surface area contributed by atoms with Gasteiger partial charge in [-0.2, -0.15) is 10.1 Å². The van der Waals surface area contributed by atoms with Crippen LogP contribution in [0.2, 0.25) is 0 Å². The van der Waals surface area contributed by atoms with Crippen LogP contribution in [0.5, 0.6) is 11.5 Å². The molecule has 160 valence electrons. The molecule has 1 atom stereocenters. The van der Waals surface area contributed by atoms with E-state index in [1.54, 1.807) is 48.9 Å². The number of ether oxygens (including phenoxy) is 2. The maximum Gasteiger partial charge on any atom is 0.255 e. The Labute approximate surface area is 184 Å². The molecule has 0 aliphatic carbocycles. The maximum atomic E-state index is 13.5. The number of thioether (sulfide) groups is 1. The number of hydrogen-bond donors (Lipinski definition) is 2. The fourth-order valence-electron chi connectivity index (χ4n) is 3.57. The van der Waals surface area contributed by atoms with E-state index in [-0.39, 0.29) is 5.91 Å². The first-order valence-corrected chi connectivity index (χ1v) is 10.8. The Bertz CT molecular complexity index is 1140. The molecular weight excluding hydrogens is 414 g/mol. The highest BCUT2D eigenvalue weighted by Crippen LogP contribution is 2.37. The largest absolute Gasteiger partial charge is 0.497 e. The maximum absolute atomic E-state index is 13.5. The summed E-state index contributed by atoms with van der Waals surface area (Å²) in [6.07, 6.45) is 3.51. The van der Waals surface area contributed by atoms with Crippen LogP contribution in [0.4, 0.5) is 11.6 Å². The molecule has 3 aromatic rings. The predicted molar refractivity (Wildman–Crippen MR) is 121 cm³/mol. The second kappa shape index (κ2) is 8.73. The Hall–Kier alpha value is -3.46. The van der Waals surface area contributed by atoms with Gasteiger partial charge in [0.2, 0.25) is 5.95 Å². The number of allylic oxidation sites excluding steroid dienone is 1. The summed E-state index contributed by atoms with van der Waals surface area (Å²) in [7, 11) is 3.13. The zero-order chi connectivity index (χ0) is 22.0. The smallest absolute Gasteiger partial charge is 0.255 e. The molecule has 0 fully saturated rings. The normalized spacial score (nSPS) is 15.2. The van der Waals surface area contributed by atoms with Gasteiger partial charge in [0.25, 0.3) is 5.91 Å². The summed E-state index contributed by atoms with van der Waals surface area (Å²) in [5, 5.41) is 10.5. The zero-order valence-electron chi connectivity index (χ0n) is 17.7. The van der Waals surface area contributed by atoms with Crippen LogP contribution in [-0.2, 0) is 4.79 Å². The highest BCUT2D eigenvalue weighted by atomic mass is 32.2. The minimum atomic E-state index is -0.418. The molecule has 2 aromatic carbocycles. The van der Waals surface area contributed by atoms with E-state index in [0.29, 0.717) is 34.4 Å². The van der Waals surface area contributed by atoms with Crippen LogP contribution in [0.15, 0.2) is 65.0 Å².